The average molecular weight is 238 g/mol. The van der Waals surface area contributed by atoms with Crippen LogP contribution in [0.5, 0.6) is 5.75 Å². The summed E-state index contributed by atoms with van der Waals surface area (Å²) in [5, 5.41) is 8.96. The maximum Gasteiger partial charge on any atom is 0.167 e. The standard InChI is InChI=1S/C12H12ClNO2/c1-8-6-12(16-2)9(7-10(8)13)11(15)4-3-5-14/h6-7H,3-4H2,1-2H3. The fraction of sp³-hybridized carbons (Fsp3) is 0.333. The van der Waals surface area contributed by atoms with E-state index in [1.54, 1.807) is 12.1 Å². The summed E-state index contributed by atoms with van der Waals surface area (Å²) in [6.07, 6.45) is 0.389. The van der Waals surface area contributed by atoms with E-state index in [9.17, 15) is 4.79 Å². The molecule has 0 amide bonds. The molecule has 0 saturated heterocycles. The van der Waals surface area contributed by atoms with Crippen molar-refractivity contribution in [3.05, 3.63) is 28.3 Å². The van der Waals surface area contributed by atoms with Crippen LogP contribution in [0.1, 0.15) is 28.8 Å². The first-order valence-corrected chi connectivity index (χ1v) is 5.22. The Hall–Kier alpha value is -1.53. The zero-order valence-electron chi connectivity index (χ0n) is 9.21. The van der Waals surface area contributed by atoms with Gasteiger partial charge in [0, 0.05) is 17.9 Å². The second-order valence-corrected chi connectivity index (χ2v) is 3.79. The van der Waals surface area contributed by atoms with Gasteiger partial charge in [0.25, 0.3) is 0 Å². The van der Waals surface area contributed by atoms with Gasteiger partial charge in [0.1, 0.15) is 5.75 Å². The largest absolute Gasteiger partial charge is 0.496 e. The molecule has 0 aliphatic carbocycles. The van der Waals surface area contributed by atoms with E-state index < -0.39 is 0 Å². The molecule has 4 heteroatoms. The molecule has 0 aliphatic rings. The van der Waals surface area contributed by atoms with Crippen LogP contribution < -0.4 is 4.74 Å². The molecule has 0 atom stereocenters. The Morgan fingerprint density at radius 1 is 1.56 bits per heavy atom. The highest BCUT2D eigenvalue weighted by molar-refractivity contribution is 6.31. The molecular weight excluding hydrogens is 226 g/mol. The van der Waals surface area contributed by atoms with Gasteiger partial charge in [-0.05, 0) is 24.6 Å². The zero-order chi connectivity index (χ0) is 12.1. The summed E-state index contributed by atoms with van der Waals surface area (Å²) in [6.45, 7) is 1.84. The highest BCUT2D eigenvalue weighted by Gasteiger charge is 2.14. The van der Waals surface area contributed by atoms with Crippen LogP contribution in [-0.2, 0) is 0 Å². The van der Waals surface area contributed by atoms with Crippen molar-refractivity contribution in [2.75, 3.05) is 7.11 Å². The lowest BCUT2D eigenvalue weighted by atomic mass is 10.0. The molecule has 0 aliphatic heterocycles. The Labute approximate surface area is 99.6 Å². The van der Waals surface area contributed by atoms with Crippen LogP contribution in [0, 0.1) is 18.3 Å². The SMILES string of the molecule is COc1cc(C)c(Cl)cc1C(=O)CCC#N. The second-order valence-electron chi connectivity index (χ2n) is 3.38. The Morgan fingerprint density at radius 2 is 2.25 bits per heavy atom. The van der Waals surface area contributed by atoms with Crippen molar-refractivity contribution in [2.24, 2.45) is 0 Å². The maximum atomic E-state index is 11.8. The van der Waals surface area contributed by atoms with Crippen molar-refractivity contribution in [3.63, 3.8) is 0 Å². The molecule has 0 bridgehead atoms. The monoisotopic (exact) mass is 237 g/mol. The molecule has 1 aromatic rings. The number of rotatable bonds is 4. The van der Waals surface area contributed by atoms with Crippen LogP contribution in [0.4, 0.5) is 0 Å². The van der Waals surface area contributed by atoms with Gasteiger partial charge in [0.15, 0.2) is 5.78 Å². The number of methoxy groups -OCH3 is 1. The lowest BCUT2D eigenvalue weighted by Crippen LogP contribution is -2.02. The first kappa shape index (κ1) is 12.5. The van der Waals surface area contributed by atoms with Gasteiger partial charge in [-0.25, -0.2) is 0 Å². The van der Waals surface area contributed by atoms with Gasteiger partial charge >= 0.3 is 0 Å². The fourth-order valence-corrected chi connectivity index (χ4v) is 1.51. The molecule has 0 saturated carbocycles. The van der Waals surface area contributed by atoms with E-state index in [2.05, 4.69) is 0 Å². The van der Waals surface area contributed by atoms with E-state index in [-0.39, 0.29) is 18.6 Å². The fourth-order valence-electron chi connectivity index (χ4n) is 1.35. The molecule has 0 aromatic heterocycles. The van der Waals surface area contributed by atoms with Crippen LogP contribution in [0.15, 0.2) is 12.1 Å². The summed E-state index contributed by atoms with van der Waals surface area (Å²) in [4.78, 5) is 11.8. The van der Waals surface area contributed by atoms with Crippen LogP contribution >= 0.6 is 11.6 Å². The predicted octanol–water partition coefficient (Wildman–Crippen LogP) is 3.14. The number of ketones is 1. The van der Waals surface area contributed by atoms with Crippen LogP contribution in [0.25, 0.3) is 0 Å². The number of hydrogen-bond donors (Lipinski definition) is 0. The minimum absolute atomic E-state index is 0.125. The van der Waals surface area contributed by atoms with Crippen molar-refractivity contribution < 1.29 is 9.53 Å². The van der Waals surface area contributed by atoms with Gasteiger partial charge < -0.3 is 4.74 Å². The number of nitriles is 1. The number of carbonyl (C=O) groups is 1. The third kappa shape index (κ3) is 2.74. The molecule has 1 aromatic carbocycles. The van der Waals surface area contributed by atoms with E-state index in [1.165, 1.54) is 7.11 Å². The van der Waals surface area contributed by atoms with Crippen molar-refractivity contribution in [1.82, 2.24) is 0 Å². The number of carbonyl (C=O) groups excluding carboxylic acids is 1. The van der Waals surface area contributed by atoms with Gasteiger partial charge in [-0.3, -0.25) is 4.79 Å². The number of Topliss-reactive ketones (excluding diaryl/α,β-unsaturated/α-hetero) is 1. The minimum atomic E-state index is -0.125. The summed E-state index contributed by atoms with van der Waals surface area (Å²) in [5.74, 6) is 0.380. The molecule has 84 valence electrons. The van der Waals surface area contributed by atoms with Gasteiger partial charge in [-0.1, -0.05) is 11.6 Å². The summed E-state index contributed by atoms with van der Waals surface area (Å²) in [6, 6.07) is 5.25. The summed E-state index contributed by atoms with van der Waals surface area (Å²) < 4.78 is 5.12. The molecule has 0 fully saturated rings. The molecule has 1 rings (SSSR count). The van der Waals surface area contributed by atoms with Gasteiger partial charge in [-0.15, -0.1) is 0 Å². The topological polar surface area (TPSA) is 50.1 Å². The quantitative estimate of drug-likeness (QED) is 0.756. The lowest BCUT2D eigenvalue weighted by Gasteiger charge is -2.09. The van der Waals surface area contributed by atoms with Crippen molar-refractivity contribution >= 4 is 17.4 Å². The first-order chi connectivity index (χ1) is 7.60. The molecule has 0 heterocycles. The van der Waals surface area contributed by atoms with Crippen molar-refractivity contribution in [1.29, 1.82) is 5.26 Å². The van der Waals surface area contributed by atoms with Gasteiger partial charge in [-0.2, -0.15) is 5.26 Å². The molecule has 3 nitrogen and oxygen atoms in total. The highest BCUT2D eigenvalue weighted by Crippen LogP contribution is 2.27. The zero-order valence-corrected chi connectivity index (χ0v) is 9.97. The first-order valence-electron chi connectivity index (χ1n) is 4.84. The maximum absolute atomic E-state index is 11.8. The average Bonchev–Trinajstić information content (AvgIpc) is 2.28. The van der Waals surface area contributed by atoms with Gasteiger partial charge in [0.05, 0.1) is 18.7 Å². The number of hydrogen-bond acceptors (Lipinski definition) is 3. The normalized spacial score (nSPS) is 9.62. The number of aryl methyl sites for hydroxylation is 1. The van der Waals surface area contributed by atoms with Crippen LogP contribution in [0.3, 0.4) is 0 Å². The van der Waals surface area contributed by atoms with E-state index in [4.69, 9.17) is 21.6 Å². The lowest BCUT2D eigenvalue weighted by molar-refractivity contribution is 0.0981. The van der Waals surface area contributed by atoms with E-state index >= 15 is 0 Å². The summed E-state index contributed by atoms with van der Waals surface area (Å²) >= 11 is 5.95. The molecule has 16 heavy (non-hydrogen) atoms. The highest BCUT2D eigenvalue weighted by atomic mass is 35.5. The second kappa shape index (κ2) is 5.53. The van der Waals surface area contributed by atoms with Crippen molar-refractivity contribution in [3.8, 4) is 11.8 Å². The number of nitrogens with zero attached hydrogens (tertiary/aromatic N) is 1. The van der Waals surface area contributed by atoms with E-state index in [0.717, 1.165) is 5.56 Å². The van der Waals surface area contributed by atoms with E-state index in [1.807, 2.05) is 13.0 Å². The summed E-state index contributed by atoms with van der Waals surface area (Å²) in [5.41, 5.74) is 1.30. The predicted molar refractivity (Wildman–Crippen MR) is 61.9 cm³/mol. The van der Waals surface area contributed by atoms with Crippen LogP contribution in [0.2, 0.25) is 5.02 Å². The Balaban J connectivity index is 3.07. The molecule has 0 spiro atoms. The Morgan fingerprint density at radius 3 is 2.81 bits per heavy atom. The van der Waals surface area contributed by atoms with Crippen LogP contribution in [-0.4, -0.2) is 12.9 Å². The summed E-state index contributed by atoms with van der Waals surface area (Å²) in [7, 11) is 1.50. The molecule has 0 radical (unpaired) electrons. The minimum Gasteiger partial charge on any atom is -0.496 e. The number of halogens is 1. The molecule has 0 unspecified atom stereocenters. The Bertz CT molecular complexity index is 449. The van der Waals surface area contributed by atoms with E-state index in [0.29, 0.717) is 16.3 Å². The van der Waals surface area contributed by atoms with Crippen molar-refractivity contribution in [2.45, 2.75) is 19.8 Å². The van der Waals surface area contributed by atoms with Gasteiger partial charge in [0.2, 0.25) is 0 Å². The number of benzene rings is 1. The molecular formula is C12H12ClNO2. The number of ether oxygens (including phenoxy) is 1. The Kier molecular flexibility index (Phi) is 4.33. The smallest absolute Gasteiger partial charge is 0.167 e. The third-order valence-electron chi connectivity index (χ3n) is 2.25. The third-order valence-corrected chi connectivity index (χ3v) is 2.65. The molecule has 0 N–H and O–H groups in total.